The number of aromatic amines is 1. The summed E-state index contributed by atoms with van der Waals surface area (Å²) in [7, 11) is 0. The van der Waals surface area contributed by atoms with Gasteiger partial charge in [0.2, 0.25) is 0 Å². The molecule has 1 aromatic heterocycles. The van der Waals surface area contributed by atoms with Gasteiger partial charge in [0.1, 0.15) is 0 Å². The Kier molecular flexibility index (Phi) is 2.40. The van der Waals surface area contributed by atoms with Crippen molar-refractivity contribution < 1.29 is 0 Å². The Hall–Kier alpha value is -1.32. The monoisotopic (exact) mass is 182 g/mol. The van der Waals surface area contributed by atoms with Gasteiger partial charge in [-0.3, -0.25) is 9.59 Å². The quantitative estimate of drug-likeness (QED) is 0.651. The van der Waals surface area contributed by atoms with Crippen LogP contribution in [-0.2, 0) is 0 Å². The fourth-order valence-electron chi connectivity index (χ4n) is 1.38. The van der Waals surface area contributed by atoms with Crippen LogP contribution in [0.3, 0.4) is 0 Å². The Labute approximate surface area is 76.2 Å². The van der Waals surface area contributed by atoms with Gasteiger partial charge in [0, 0.05) is 17.4 Å². The molecule has 0 bridgehead atoms. The zero-order chi connectivity index (χ0) is 10.2. The first-order valence-electron chi connectivity index (χ1n) is 4.27. The Balaban J connectivity index is 3.66. The van der Waals surface area contributed by atoms with Gasteiger partial charge in [-0.25, -0.2) is 0 Å². The number of rotatable bonds is 1. The molecular formula is C9H14N2O2. The van der Waals surface area contributed by atoms with E-state index in [1.807, 2.05) is 20.8 Å². The van der Waals surface area contributed by atoms with E-state index in [1.54, 1.807) is 6.92 Å². The Morgan fingerprint density at radius 3 is 2.23 bits per heavy atom. The molecule has 1 N–H and O–H groups in total. The number of aryl methyl sites for hydroxylation is 1. The lowest BCUT2D eigenvalue weighted by Gasteiger charge is -2.14. The molecular weight excluding hydrogens is 168 g/mol. The minimum atomic E-state index is -0.545. The van der Waals surface area contributed by atoms with Crippen LogP contribution in [0.4, 0.5) is 0 Å². The van der Waals surface area contributed by atoms with Crippen LogP contribution in [0.5, 0.6) is 0 Å². The van der Waals surface area contributed by atoms with Crippen LogP contribution < -0.4 is 11.1 Å². The largest absolute Gasteiger partial charge is 0.320 e. The Morgan fingerprint density at radius 2 is 1.77 bits per heavy atom. The maximum absolute atomic E-state index is 11.4. The van der Waals surface area contributed by atoms with E-state index in [0.717, 1.165) is 11.4 Å². The molecule has 0 fully saturated rings. The van der Waals surface area contributed by atoms with Crippen molar-refractivity contribution in [3.05, 3.63) is 32.1 Å². The summed E-state index contributed by atoms with van der Waals surface area (Å²) in [6.45, 7) is 7.38. The molecule has 0 aliphatic rings. The van der Waals surface area contributed by atoms with Gasteiger partial charge in [-0.05, 0) is 27.7 Å². The summed E-state index contributed by atoms with van der Waals surface area (Å²) in [6.07, 6.45) is 0. The molecule has 0 aromatic carbocycles. The molecule has 72 valence electrons. The van der Waals surface area contributed by atoms with Gasteiger partial charge in [-0.15, -0.1) is 0 Å². The fourth-order valence-corrected chi connectivity index (χ4v) is 1.38. The third-order valence-corrected chi connectivity index (χ3v) is 2.13. The summed E-state index contributed by atoms with van der Waals surface area (Å²) in [5.41, 5.74) is 0.549. The van der Waals surface area contributed by atoms with E-state index >= 15 is 0 Å². The predicted octanol–water partition coefficient (Wildman–Crippen LogP) is 0.734. The van der Waals surface area contributed by atoms with E-state index < -0.39 is 11.1 Å². The summed E-state index contributed by atoms with van der Waals surface area (Å²) in [4.78, 5) is 25.0. The van der Waals surface area contributed by atoms with Crippen LogP contribution in [-0.4, -0.2) is 9.55 Å². The zero-order valence-corrected chi connectivity index (χ0v) is 8.34. The number of hydrogen-bond donors (Lipinski definition) is 1. The molecule has 0 unspecified atom stereocenters. The van der Waals surface area contributed by atoms with E-state index in [9.17, 15) is 9.59 Å². The van der Waals surface area contributed by atoms with Crippen molar-refractivity contribution in [2.45, 2.75) is 33.7 Å². The standard InChI is InChI=1S/C9H14N2O2/c1-5(2)11-7(4)6(3)10-8(12)9(11)13/h5H,1-4H3,(H,10,12). The number of H-pyrrole nitrogens is 1. The highest BCUT2D eigenvalue weighted by Gasteiger charge is 2.09. The zero-order valence-electron chi connectivity index (χ0n) is 8.34. The lowest BCUT2D eigenvalue weighted by molar-refractivity contribution is 0.549. The van der Waals surface area contributed by atoms with E-state index in [0.29, 0.717) is 0 Å². The SMILES string of the molecule is Cc1[nH]c(=O)c(=O)n(C(C)C)c1C. The van der Waals surface area contributed by atoms with Gasteiger partial charge in [-0.1, -0.05) is 0 Å². The van der Waals surface area contributed by atoms with E-state index in [-0.39, 0.29) is 6.04 Å². The lowest BCUT2D eigenvalue weighted by atomic mass is 10.3. The first kappa shape index (κ1) is 9.77. The van der Waals surface area contributed by atoms with Crippen LogP contribution in [0.1, 0.15) is 31.3 Å². The third kappa shape index (κ3) is 1.56. The van der Waals surface area contributed by atoms with Crippen molar-refractivity contribution in [1.82, 2.24) is 9.55 Å². The summed E-state index contributed by atoms with van der Waals surface area (Å²) in [6, 6.07) is 0.0218. The molecule has 1 aromatic rings. The Morgan fingerprint density at radius 1 is 1.23 bits per heavy atom. The first-order chi connectivity index (χ1) is 5.95. The van der Waals surface area contributed by atoms with Gasteiger partial charge in [0.05, 0.1) is 0 Å². The van der Waals surface area contributed by atoms with Crippen LogP contribution in [0, 0.1) is 13.8 Å². The molecule has 0 saturated heterocycles. The van der Waals surface area contributed by atoms with Crippen molar-refractivity contribution in [3.8, 4) is 0 Å². The fraction of sp³-hybridized carbons (Fsp3) is 0.556. The molecule has 0 radical (unpaired) electrons. The molecule has 1 heterocycles. The van der Waals surface area contributed by atoms with Crippen molar-refractivity contribution in [2.75, 3.05) is 0 Å². The molecule has 0 amide bonds. The highest BCUT2D eigenvalue weighted by atomic mass is 16.2. The number of nitrogens with one attached hydrogen (secondary N) is 1. The third-order valence-electron chi connectivity index (χ3n) is 2.13. The smallest absolute Gasteiger partial charge is 0.316 e. The molecule has 0 atom stereocenters. The van der Waals surface area contributed by atoms with Crippen molar-refractivity contribution >= 4 is 0 Å². The molecule has 0 saturated carbocycles. The second-order valence-electron chi connectivity index (χ2n) is 3.43. The second-order valence-corrected chi connectivity index (χ2v) is 3.43. The molecule has 0 spiro atoms. The van der Waals surface area contributed by atoms with Crippen molar-refractivity contribution in [1.29, 1.82) is 0 Å². The molecule has 4 heteroatoms. The van der Waals surface area contributed by atoms with Crippen LogP contribution in [0.25, 0.3) is 0 Å². The van der Waals surface area contributed by atoms with Crippen LogP contribution in [0.15, 0.2) is 9.59 Å². The first-order valence-corrected chi connectivity index (χ1v) is 4.27. The molecule has 0 aliphatic heterocycles. The number of aromatic nitrogens is 2. The van der Waals surface area contributed by atoms with Crippen LogP contribution in [0.2, 0.25) is 0 Å². The second kappa shape index (κ2) is 3.20. The van der Waals surface area contributed by atoms with Gasteiger partial charge in [-0.2, -0.15) is 0 Å². The Bertz CT molecular complexity index is 426. The van der Waals surface area contributed by atoms with E-state index in [4.69, 9.17) is 0 Å². The maximum atomic E-state index is 11.4. The van der Waals surface area contributed by atoms with Crippen LogP contribution >= 0.6 is 0 Å². The summed E-state index contributed by atoms with van der Waals surface area (Å²) >= 11 is 0. The van der Waals surface area contributed by atoms with Crippen molar-refractivity contribution in [2.24, 2.45) is 0 Å². The average Bonchev–Trinajstić information content (AvgIpc) is 2.01. The van der Waals surface area contributed by atoms with E-state index in [1.165, 1.54) is 4.57 Å². The highest BCUT2D eigenvalue weighted by molar-refractivity contribution is 5.09. The average molecular weight is 182 g/mol. The van der Waals surface area contributed by atoms with E-state index in [2.05, 4.69) is 4.98 Å². The van der Waals surface area contributed by atoms with Gasteiger partial charge in [0.25, 0.3) is 0 Å². The summed E-state index contributed by atoms with van der Waals surface area (Å²) in [5, 5.41) is 0. The number of hydrogen-bond acceptors (Lipinski definition) is 2. The highest BCUT2D eigenvalue weighted by Crippen LogP contribution is 2.05. The number of nitrogens with zero attached hydrogens (tertiary/aromatic N) is 1. The minimum Gasteiger partial charge on any atom is -0.320 e. The predicted molar refractivity (Wildman–Crippen MR) is 51.2 cm³/mol. The van der Waals surface area contributed by atoms with Crippen molar-refractivity contribution in [3.63, 3.8) is 0 Å². The summed E-state index contributed by atoms with van der Waals surface area (Å²) in [5.74, 6) is 0. The molecule has 4 nitrogen and oxygen atoms in total. The molecule has 13 heavy (non-hydrogen) atoms. The molecule has 1 rings (SSSR count). The minimum absolute atomic E-state index is 0.0218. The van der Waals surface area contributed by atoms with Gasteiger partial charge in [0.15, 0.2) is 0 Å². The summed E-state index contributed by atoms with van der Waals surface area (Å²) < 4.78 is 1.51. The topological polar surface area (TPSA) is 54.9 Å². The van der Waals surface area contributed by atoms with Gasteiger partial charge < -0.3 is 9.55 Å². The lowest BCUT2D eigenvalue weighted by Crippen LogP contribution is -2.39. The normalized spacial score (nSPS) is 10.8. The van der Waals surface area contributed by atoms with Gasteiger partial charge >= 0.3 is 11.1 Å². The molecule has 0 aliphatic carbocycles. The maximum Gasteiger partial charge on any atom is 0.316 e.